The molecule has 0 atom stereocenters. The molecule has 0 unspecified atom stereocenters. The summed E-state index contributed by atoms with van der Waals surface area (Å²) in [7, 11) is 5.47. The van der Waals surface area contributed by atoms with Gasteiger partial charge in [0.1, 0.15) is 23.5 Å². The van der Waals surface area contributed by atoms with Crippen molar-refractivity contribution in [2.45, 2.75) is 25.7 Å². The second-order valence-electron chi connectivity index (χ2n) is 8.94. The van der Waals surface area contributed by atoms with Crippen LogP contribution in [0, 0.1) is 23.1 Å². The minimum Gasteiger partial charge on any atom is -0.497 e. The van der Waals surface area contributed by atoms with Gasteiger partial charge in [-0.15, -0.1) is 0 Å². The number of aromatic nitrogens is 2. The lowest BCUT2D eigenvalue weighted by Crippen LogP contribution is -2.31. The van der Waals surface area contributed by atoms with Crippen LogP contribution in [0.4, 0.5) is 4.39 Å². The minimum absolute atomic E-state index is 0.0407. The average Bonchev–Trinajstić information content (AvgIpc) is 2.86. The van der Waals surface area contributed by atoms with Crippen LogP contribution in [-0.4, -0.2) is 41.7 Å². The van der Waals surface area contributed by atoms with E-state index in [1.807, 2.05) is 6.07 Å². The summed E-state index contributed by atoms with van der Waals surface area (Å²) in [5.74, 6) is 1.33. The van der Waals surface area contributed by atoms with Gasteiger partial charge < -0.3 is 9.64 Å². The Morgan fingerprint density at radius 3 is 2.41 bits per heavy atom. The quantitative estimate of drug-likeness (QED) is 0.545. The van der Waals surface area contributed by atoms with Gasteiger partial charge in [-0.3, -0.25) is 9.36 Å². The Balaban J connectivity index is 1.78. The lowest BCUT2D eigenvalue weighted by Gasteiger charge is -2.29. The largest absolute Gasteiger partial charge is 0.497 e. The normalized spacial score (nSPS) is 14.7. The summed E-state index contributed by atoms with van der Waals surface area (Å²) in [5, 5.41) is 9.12. The summed E-state index contributed by atoms with van der Waals surface area (Å²) in [5.41, 5.74) is 1.75. The predicted molar refractivity (Wildman–Crippen MR) is 130 cm³/mol. The van der Waals surface area contributed by atoms with Crippen LogP contribution in [0.5, 0.6) is 5.75 Å². The number of halogens is 1. The van der Waals surface area contributed by atoms with Crippen LogP contribution in [0.25, 0.3) is 22.4 Å². The Morgan fingerprint density at radius 1 is 1.12 bits per heavy atom. The van der Waals surface area contributed by atoms with Gasteiger partial charge in [0.2, 0.25) is 0 Å². The van der Waals surface area contributed by atoms with Gasteiger partial charge in [0.15, 0.2) is 0 Å². The van der Waals surface area contributed by atoms with Crippen molar-refractivity contribution in [3.05, 3.63) is 70.0 Å². The molecule has 2 heterocycles. The van der Waals surface area contributed by atoms with Crippen LogP contribution >= 0.6 is 0 Å². The van der Waals surface area contributed by atoms with E-state index < -0.39 is 5.82 Å². The van der Waals surface area contributed by atoms with E-state index in [-0.39, 0.29) is 11.1 Å². The molecule has 176 valence electrons. The number of piperidine rings is 1. The van der Waals surface area contributed by atoms with Crippen LogP contribution in [0.1, 0.15) is 30.7 Å². The van der Waals surface area contributed by atoms with Crippen molar-refractivity contribution >= 4 is 0 Å². The molecule has 6 nitrogen and oxygen atoms in total. The van der Waals surface area contributed by atoms with Crippen molar-refractivity contribution in [3.8, 4) is 34.2 Å². The Bertz CT molecular complexity index is 1270. The van der Waals surface area contributed by atoms with Crippen molar-refractivity contribution < 1.29 is 9.13 Å². The number of nitriles is 1. The molecule has 0 amide bonds. The zero-order chi connectivity index (χ0) is 24.2. The van der Waals surface area contributed by atoms with E-state index in [2.05, 4.69) is 11.9 Å². The zero-order valence-electron chi connectivity index (χ0n) is 19.8. The average molecular weight is 461 g/mol. The number of hydrogen-bond acceptors (Lipinski definition) is 5. The summed E-state index contributed by atoms with van der Waals surface area (Å²) in [6, 6.07) is 13.4. The van der Waals surface area contributed by atoms with Crippen molar-refractivity contribution in [2.75, 3.05) is 27.2 Å². The highest BCUT2D eigenvalue weighted by Gasteiger charge is 2.21. The number of benzene rings is 2. The lowest BCUT2D eigenvalue weighted by molar-refractivity contribution is 0.211. The van der Waals surface area contributed by atoms with E-state index in [1.54, 1.807) is 49.1 Å². The molecule has 1 fully saturated rings. The second kappa shape index (κ2) is 10.2. The van der Waals surface area contributed by atoms with Gasteiger partial charge in [-0.25, -0.2) is 9.37 Å². The minimum atomic E-state index is -0.629. The molecular formula is C27H29FN4O2. The molecule has 0 saturated carbocycles. The number of methoxy groups -OCH3 is 1. The molecule has 0 aliphatic carbocycles. The third-order valence-corrected chi connectivity index (χ3v) is 6.74. The fourth-order valence-electron chi connectivity index (χ4n) is 4.53. The Labute approximate surface area is 199 Å². The highest BCUT2D eigenvalue weighted by atomic mass is 19.1. The first-order chi connectivity index (χ1) is 16.4. The number of aryl methyl sites for hydroxylation is 1. The van der Waals surface area contributed by atoms with Crippen molar-refractivity contribution in [2.24, 2.45) is 13.0 Å². The Morgan fingerprint density at radius 2 is 1.79 bits per heavy atom. The highest BCUT2D eigenvalue weighted by Crippen LogP contribution is 2.31. The van der Waals surface area contributed by atoms with Crippen molar-refractivity contribution in [1.29, 1.82) is 5.26 Å². The summed E-state index contributed by atoms with van der Waals surface area (Å²) >= 11 is 0. The van der Waals surface area contributed by atoms with Crippen LogP contribution in [0.3, 0.4) is 0 Å². The van der Waals surface area contributed by atoms with E-state index in [4.69, 9.17) is 15.0 Å². The first kappa shape index (κ1) is 23.7. The fraction of sp³-hybridized carbons (Fsp3) is 0.370. The third-order valence-electron chi connectivity index (χ3n) is 6.74. The number of likely N-dealkylation sites (tertiary alicyclic amines) is 1. The van der Waals surface area contributed by atoms with Gasteiger partial charge in [0.05, 0.1) is 23.9 Å². The molecule has 1 saturated heterocycles. The number of nitrogens with zero attached hydrogens (tertiary/aromatic N) is 4. The maximum absolute atomic E-state index is 14.5. The van der Waals surface area contributed by atoms with Gasteiger partial charge in [0.25, 0.3) is 5.56 Å². The molecule has 2 aromatic carbocycles. The number of hydrogen-bond donors (Lipinski definition) is 0. The molecule has 1 aliphatic rings. The van der Waals surface area contributed by atoms with Gasteiger partial charge in [0, 0.05) is 19.0 Å². The monoisotopic (exact) mass is 460 g/mol. The first-order valence-corrected chi connectivity index (χ1v) is 11.5. The van der Waals surface area contributed by atoms with Gasteiger partial charge in [-0.05, 0) is 75.1 Å². The molecular weight excluding hydrogens is 431 g/mol. The Hall–Kier alpha value is -3.50. The first-order valence-electron chi connectivity index (χ1n) is 11.5. The molecule has 4 rings (SSSR count). The summed E-state index contributed by atoms with van der Waals surface area (Å²) in [6.45, 7) is 2.17. The fourth-order valence-corrected chi connectivity index (χ4v) is 4.53. The molecule has 0 N–H and O–H groups in total. The third kappa shape index (κ3) is 4.87. The standard InChI is InChI=1S/C27H29FN4O2/c1-31-14-12-18(13-15-31)4-11-24-30-26(20-5-6-21(17-29)23(28)16-20)25(27(33)32(24)2)19-7-9-22(34-3)10-8-19/h5-10,16,18H,4,11-15H2,1-3H3. The smallest absolute Gasteiger partial charge is 0.261 e. The van der Waals surface area contributed by atoms with Crippen LogP contribution in [0.2, 0.25) is 0 Å². The van der Waals surface area contributed by atoms with E-state index in [0.717, 1.165) is 32.4 Å². The van der Waals surface area contributed by atoms with Gasteiger partial charge in [-0.2, -0.15) is 5.26 Å². The van der Waals surface area contributed by atoms with Crippen molar-refractivity contribution in [3.63, 3.8) is 0 Å². The zero-order valence-corrected chi connectivity index (χ0v) is 19.8. The summed E-state index contributed by atoms with van der Waals surface area (Å²) < 4.78 is 21.4. The summed E-state index contributed by atoms with van der Waals surface area (Å²) in [4.78, 5) is 20.8. The maximum Gasteiger partial charge on any atom is 0.261 e. The molecule has 1 aliphatic heterocycles. The molecule has 3 aromatic rings. The molecule has 1 aromatic heterocycles. The summed E-state index contributed by atoms with van der Waals surface area (Å²) in [6.07, 6.45) is 3.91. The molecule has 0 spiro atoms. The SMILES string of the molecule is COc1ccc(-c2c(-c3ccc(C#N)c(F)c3)nc(CCC3CCN(C)CC3)n(C)c2=O)cc1. The molecule has 0 radical (unpaired) electrons. The molecule has 34 heavy (non-hydrogen) atoms. The highest BCUT2D eigenvalue weighted by molar-refractivity contribution is 5.80. The van der Waals surface area contributed by atoms with Gasteiger partial charge >= 0.3 is 0 Å². The maximum atomic E-state index is 14.5. The van der Waals surface area contributed by atoms with Crippen LogP contribution in [-0.2, 0) is 13.5 Å². The van der Waals surface area contributed by atoms with Crippen LogP contribution in [0.15, 0.2) is 47.3 Å². The van der Waals surface area contributed by atoms with E-state index in [9.17, 15) is 9.18 Å². The van der Waals surface area contributed by atoms with E-state index in [0.29, 0.717) is 46.3 Å². The topological polar surface area (TPSA) is 71.2 Å². The van der Waals surface area contributed by atoms with E-state index >= 15 is 0 Å². The number of rotatable bonds is 6. The lowest BCUT2D eigenvalue weighted by atomic mass is 9.92. The Kier molecular flexibility index (Phi) is 7.09. The molecule has 7 heteroatoms. The molecule has 0 bridgehead atoms. The number of ether oxygens (including phenoxy) is 1. The second-order valence-corrected chi connectivity index (χ2v) is 8.94. The van der Waals surface area contributed by atoms with Crippen molar-refractivity contribution in [1.82, 2.24) is 14.5 Å². The van der Waals surface area contributed by atoms with E-state index in [1.165, 1.54) is 12.1 Å². The van der Waals surface area contributed by atoms with Crippen LogP contribution < -0.4 is 10.3 Å². The van der Waals surface area contributed by atoms with Gasteiger partial charge in [-0.1, -0.05) is 18.2 Å². The predicted octanol–water partition coefficient (Wildman–Crippen LogP) is 4.41.